The first-order valence-corrected chi connectivity index (χ1v) is 11.7. The van der Waals surface area contributed by atoms with E-state index in [-0.39, 0.29) is 34.3 Å². The summed E-state index contributed by atoms with van der Waals surface area (Å²) in [6.45, 7) is -0.0369. The second-order valence-electron chi connectivity index (χ2n) is 7.17. The Morgan fingerprint density at radius 2 is 1.89 bits per heavy atom. The topological polar surface area (TPSA) is 91.2 Å². The highest BCUT2D eigenvalue weighted by molar-refractivity contribution is 9.10. The highest BCUT2D eigenvalue weighted by Crippen LogP contribution is 2.37. The zero-order valence-corrected chi connectivity index (χ0v) is 19.9. The molecule has 0 radical (unpaired) electrons. The lowest BCUT2D eigenvalue weighted by molar-refractivity contribution is -0.385. The Morgan fingerprint density at radius 1 is 1.11 bits per heavy atom. The van der Waals surface area contributed by atoms with Crippen LogP contribution in [0.4, 0.5) is 20.2 Å². The molecular weight excluding hydrogens is 546 g/mol. The predicted molar refractivity (Wildman–Crippen MR) is 129 cm³/mol. The van der Waals surface area contributed by atoms with E-state index in [2.05, 4.69) is 26.0 Å². The van der Waals surface area contributed by atoms with Gasteiger partial charge < -0.3 is 9.47 Å². The average molecular weight is 559 g/mol. The zero-order chi connectivity index (χ0) is 24.5. The number of hydrogen-bond donors (Lipinski definition) is 0. The molecule has 0 spiro atoms. The Balaban J connectivity index is 1.68. The molecule has 0 bridgehead atoms. The number of thiazole rings is 1. The highest BCUT2D eigenvalue weighted by Gasteiger charge is 2.23. The number of benzene rings is 3. The van der Waals surface area contributed by atoms with Gasteiger partial charge in [-0.2, -0.15) is 5.10 Å². The minimum atomic E-state index is -0.831. The van der Waals surface area contributed by atoms with Crippen LogP contribution in [0.2, 0.25) is 0 Å². The maximum atomic E-state index is 14.3. The molecule has 8 nitrogen and oxygen atoms in total. The van der Waals surface area contributed by atoms with E-state index < -0.39 is 16.6 Å². The molecule has 0 atom stereocenters. The Labute approximate surface area is 208 Å². The van der Waals surface area contributed by atoms with Gasteiger partial charge in [0.1, 0.15) is 11.5 Å². The number of fused-ring (bicyclic) bond motifs is 1. The number of aromatic nitrogens is 1. The van der Waals surface area contributed by atoms with Crippen molar-refractivity contribution in [3.63, 3.8) is 0 Å². The van der Waals surface area contributed by atoms with Crippen molar-refractivity contribution >= 4 is 44.9 Å². The van der Waals surface area contributed by atoms with E-state index in [1.54, 1.807) is 5.38 Å². The van der Waals surface area contributed by atoms with Crippen molar-refractivity contribution < 1.29 is 23.2 Å². The standard InChI is InChI=1S/C23H13BrF2N4O4S/c24-16-4-2-1-3-15(16)20-11-35-23(28-18-6-5-14(25)8-17(18)26)29(20)27-10-13-7-21-22(34-12-33-21)9-19(13)30(31)32/h1-11H,12H2. The summed E-state index contributed by atoms with van der Waals surface area (Å²) in [5, 5.41) is 17.9. The number of rotatable bonds is 5. The lowest BCUT2D eigenvalue weighted by atomic mass is 10.1. The van der Waals surface area contributed by atoms with Crippen molar-refractivity contribution in [3.8, 4) is 22.8 Å². The maximum absolute atomic E-state index is 14.3. The molecule has 12 heteroatoms. The van der Waals surface area contributed by atoms with E-state index in [1.165, 1.54) is 40.4 Å². The second kappa shape index (κ2) is 9.39. The monoisotopic (exact) mass is 558 g/mol. The van der Waals surface area contributed by atoms with Crippen LogP contribution in [0.5, 0.6) is 11.5 Å². The lowest BCUT2D eigenvalue weighted by Crippen LogP contribution is -2.12. The number of nitro benzene ring substituents is 1. The number of ether oxygens (including phenoxy) is 2. The molecule has 1 aliphatic heterocycles. The van der Waals surface area contributed by atoms with Crippen LogP contribution < -0.4 is 14.3 Å². The first kappa shape index (κ1) is 22.9. The number of halogens is 3. The van der Waals surface area contributed by atoms with Gasteiger partial charge in [-0.3, -0.25) is 10.1 Å². The minimum absolute atomic E-state index is 0.0369. The SMILES string of the molecule is O=[N+]([O-])c1cc2c(cc1C=Nn1c(-c3ccccc3Br)csc1=Nc1ccc(F)cc1F)OCO2. The van der Waals surface area contributed by atoms with Crippen LogP contribution in [0.25, 0.3) is 11.3 Å². The van der Waals surface area contributed by atoms with E-state index >= 15 is 0 Å². The fourth-order valence-electron chi connectivity index (χ4n) is 3.35. The summed E-state index contributed by atoms with van der Waals surface area (Å²) < 4.78 is 40.4. The van der Waals surface area contributed by atoms with Crippen molar-refractivity contribution in [2.45, 2.75) is 0 Å². The molecule has 1 aromatic heterocycles. The Kier molecular flexibility index (Phi) is 6.14. The molecular formula is C23H13BrF2N4O4S. The van der Waals surface area contributed by atoms with Crippen LogP contribution in [0.1, 0.15) is 5.56 Å². The Morgan fingerprint density at radius 3 is 2.63 bits per heavy atom. The summed E-state index contributed by atoms with van der Waals surface area (Å²) in [7, 11) is 0. The smallest absolute Gasteiger partial charge is 0.282 e. The van der Waals surface area contributed by atoms with Crippen molar-refractivity contribution in [2.24, 2.45) is 10.1 Å². The normalized spacial score (nSPS) is 13.1. The van der Waals surface area contributed by atoms with Crippen LogP contribution in [0.15, 0.2) is 74.5 Å². The zero-order valence-electron chi connectivity index (χ0n) is 17.5. The van der Waals surface area contributed by atoms with E-state index in [9.17, 15) is 18.9 Å². The van der Waals surface area contributed by atoms with Gasteiger partial charge in [-0.05, 0) is 24.3 Å². The summed E-state index contributed by atoms with van der Waals surface area (Å²) in [6, 6.07) is 13.2. The van der Waals surface area contributed by atoms with Gasteiger partial charge in [0.25, 0.3) is 5.69 Å². The molecule has 0 fully saturated rings. The molecule has 0 saturated heterocycles. The van der Waals surface area contributed by atoms with Crippen LogP contribution >= 0.6 is 27.3 Å². The third kappa shape index (κ3) is 4.57. The minimum Gasteiger partial charge on any atom is -0.454 e. The molecule has 1 aliphatic rings. The van der Waals surface area contributed by atoms with Gasteiger partial charge in [0, 0.05) is 21.5 Å². The molecule has 4 aromatic rings. The van der Waals surface area contributed by atoms with Crippen LogP contribution in [-0.2, 0) is 0 Å². The van der Waals surface area contributed by atoms with Crippen molar-refractivity contribution in [1.29, 1.82) is 0 Å². The summed E-state index contributed by atoms with van der Waals surface area (Å²) in [4.78, 5) is 15.7. The quantitative estimate of drug-likeness (QED) is 0.170. The highest BCUT2D eigenvalue weighted by atomic mass is 79.9. The summed E-state index contributed by atoms with van der Waals surface area (Å²) >= 11 is 4.69. The van der Waals surface area contributed by atoms with E-state index in [0.29, 0.717) is 11.4 Å². The van der Waals surface area contributed by atoms with Crippen LogP contribution in [-0.4, -0.2) is 22.6 Å². The molecule has 3 aromatic carbocycles. The molecule has 0 N–H and O–H groups in total. The van der Waals surface area contributed by atoms with Crippen molar-refractivity contribution in [3.05, 3.63) is 96.6 Å². The largest absolute Gasteiger partial charge is 0.454 e. The maximum Gasteiger partial charge on any atom is 0.282 e. The van der Waals surface area contributed by atoms with Crippen molar-refractivity contribution in [1.82, 2.24) is 4.68 Å². The fourth-order valence-corrected chi connectivity index (χ4v) is 4.67. The third-order valence-corrected chi connectivity index (χ3v) is 6.50. The summed E-state index contributed by atoms with van der Waals surface area (Å²) in [5.41, 5.74) is 1.24. The first-order chi connectivity index (χ1) is 16.9. The second-order valence-corrected chi connectivity index (χ2v) is 8.86. The van der Waals surface area contributed by atoms with E-state index in [4.69, 9.17) is 9.47 Å². The number of nitrogens with zero attached hydrogens (tertiary/aromatic N) is 4. The first-order valence-electron chi connectivity index (χ1n) is 9.98. The van der Waals surface area contributed by atoms with Crippen LogP contribution in [0.3, 0.4) is 0 Å². The molecule has 0 unspecified atom stereocenters. The Bertz CT molecular complexity index is 1570. The molecule has 5 rings (SSSR count). The van der Waals surface area contributed by atoms with E-state index in [1.807, 2.05) is 24.3 Å². The van der Waals surface area contributed by atoms with Gasteiger partial charge in [0.15, 0.2) is 17.3 Å². The van der Waals surface area contributed by atoms with Gasteiger partial charge in [0.05, 0.1) is 28.5 Å². The van der Waals surface area contributed by atoms with Crippen LogP contribution in [0, 0.1) is 21.7 Å². The number of nitro groups is 1. The molecule has 0 saturated carbocycles. The van der Waals surface area contributed by atoms with Gasteiger partial charge in [-0.25, -0.2) is 18.4 Å². The number of hydrogen-bond acceptors (Lipinski definition) is 7. The third-order valence-electron chi connectivity index (χ3n) is 4.99. The average Bonchev–Trinajstić information content (AvgIpc) is 3.45. The van der Waals surface area contributed by atoms with Gasteiger partial charge in [-0.1, -0.05) is 34.1 Å². The predicted octanol–water partition coefficient (Wildman–Crippen LogP) is 6.01. The molecule has 0 amide bonds. The Hall–Kier alpha value is -3.90. The van der Waals surface area contributed by atoms with Crippen molar-refractivity contribution in [2.75, 3.05) is 6.79 Å². The summed E-state index contributed by atoms with van der Waals surface area (Å²) in [6.07, 6.45) is 1.30. The fraction of sp³-hybridized carbons (Fsp3) is 0.0435. The molecule has 0 aliphatic carbocycles. The van der Waals surface area contributed by atoms with Gasteiger partial charge in [0.2, 0.25) is 11.6 Å². The lowest BCUT2D eigenvalue weighted by Gasteiger charge is -2.06. The molecule has 35 heavy (non-hydrogen) atoms. The molecule has 2 heterocycles. The van der Waals surface area contributed by atoms with E-state index in [0.717, 1.165) is 22.2 Å². The summed E-state index contributed by atoms with van der Waals surface area (Å²) in [5.74, 6) is -0.921. The van der Waals surface area contributed by atoms with Gasteiger partial charge in [-0.15, -0.1) is 11.3 Å². The van der Waals surface area contributed by atoms with Gasteiger partial charge >= 0.3 is 0 Å². The molecule has 176 valence electrons.